The van der Waals surface area contributed by atoms with E-state index in [0.717, 1.165) is 16.9 Å². The molecule has 0 amide bonds. The Hall–Kier alpha value is -1.63. The number of aryl methyl sites for hydroxylation is 1. The lowest BCUT2D eigenvalue weighted by Gasteiger charge is -2.12. The summed E-state index contributed by atoms with van der Waals surface area (Å²) in [4.78, 5) is 0.304. The number of hydrogen-bond donors (Lipinski definition) is 2. The third-order valence-electron chi connectivity index (χ3n) is 3.29. The molecule has 2 aromatic rings. The van der Waals surface area contributed by atoms with E-state index in [4.69, 9.17) is 4.42 Å². The van der Waals surface area contributed by atoms with E-state index in [-0.39, 0.29) is 6.54 Å². The molecule has 2 rings (SSSR count). The average molecular weight is 308 g/mol. The van der Waals surface area contributed by atoms with Crippen LogP contribution in [0.5, 0.6) is 0 Å². The molecule has 1 heterocycles. The van der Waals surface area contributed by atoms with Crippen LogP contribution >= 0.6 is 0 Å². The predicted molar refractivity (Wildman–Crippen MR) is 81.4 cm³/mol. The zero-order valence-electron chi connectivity index (χ0n) is 12.4. The molecule has 0 radical (unpaired) electrons. The monoisotopic (exact) mass is 308 g/mol. The van der Waals surface area contributed by atoms with Gasteiger partial charge in [0.15, 0.2) is 0 Å². The minimum atomic E-state index is -3.56. The second-order valence-corrected chi connectivity index (χ2v) is 6.64. The SMILES string of the molecule is CNCc1cccc(S(=O)(=O)NCc2ccc(C)o2)c1C. The summed E-state index contributed by atoms with van der Waals surface area (Å²) >= 11 is 0. The number of furan rings is 1. The Morgan fingerprint density at radius 3 is 2.48 bits per heavy atom. The first kappa shape index (κ1) is 15.8. The molecule has 0 saturated carbocycles. The van der Waals surface area contributed by atoms with Gasteiger partial charge in [-0.05, 0) is 50.2 Å². The van der Waals surface area contributed by atoms with E-state index in [1.54, 1.807) is 18.2 Å². The molecule has 0 aliphatic rings. The second kappa shape index (κ2) is 6.43. The Labute approximate surface area is 125 Å². The first-order valence-corrected chi connectivity index (χ1v) is 8.20. The second-order valence-electron chi connectivity index (χ2n) is 4.91. The van der Waals surface area contributed by atoms with E-state index < -0.39 is 10.0 Å². The molecule has 0 aliphatic carbocycles. The quantitative estimate of drug-likeness (QED) is 0.857. The Bertz CT molecular complexity index is 720. The van der Waals surface area contributed by atoms with Crippen LogP contribution < -0.4 is 10.0 Å². The highest BCUT2D eigenvalue weighted by molar-refractivity contribution is 7.89. The van der Waals surface area contributed by atoms with Crippen molar-refractivity contribution in [3.63, 3.8) is 0 Å². The highest BCUT2D eigenvalue weighted by Crippen LogP contribution is 2.19. The highest BCUT2D eigenvalue weighted by atomic mass is 32.2. The maximum absolute atomic E-state index is 12.4. The zero-order chi connectivity index (χ0) is 15.5. The third-order valence-corrected chi connectivity index (χ3v) is 4.83. The lowest BCUT2D eigenvalue weighted by atomic mass is 10.1. The van der Waals surface area contributed by atoms with Crippen LogP contribution in [0.4, 0.5) is 0 Å². The number of sulfonamides is 1. The molecule has 114 valence electrons. The van der Waals surface area contributed by atoms with E-state index in [1.165, 1.54) is 0 Å². The number of benzene rings is 1. The normalized spacial score (nSPS) is 11.8. The standard InChI is InChI=1S/C15H20N2O3S/c1-11-7-8-14(20-11)10-17-21(18,19)15-6-4-5-13(9-16-3)12(15)2/h4-8,16-17H,9-10H2,1-3H3. The minimum absolute atomic E-state index is 0.145. The van der Waals surface area contributed by atoms with Crippen molar-refractivity contribution in [1.29, 1.82) is 0 Å². The lowest BCUT2D eigenvalue weighted by molar-refractivity contribution is 0.475. The van der Waals surface area contributed by atoms with E-state index in [2.05, 4.69) is 10.0 Å². The average Bonchev–Trinajstić information content (AvgIpc) is 2.85. The van der Waals surface area contributed by atoms with Gasteiger partial charge in [-0.1, -0.05) is 12.1 Å². The van der Waals surface area contributed by atoms with Crippen molar-refractivity contribution in [1.82, 2.24) is 10.0 Å². The third kappa shape index (κ3) is 3.72. The van der Waals surface area contributed by atoms with Crippen molar-refractivity contribution in [2.45, 2.75) is 31.8 Å². The summed E-state index contributed by atoms with van der Waals surface area (Å²) in [7, 11) is -1.73. The van der Waals surface area contributed by atoms with Gasteiger partial charge in [-0.15, -0.1) is 0 Å². The van der Waals surface area contributed by atoms with Gasteiger partial charge in [0.1, 0.15) is 11.5 Å². The van der Waals surface area contributed by atoms with Crippen LogP contribution in [-0.4, -0.2) is 15.5 Å². The molecule has 0 unspecified atom stereocenters. The summed E-state index contributed by atoms with van der Waals surface area (Å²) < 4.78 is 32.8. The van der Waals surface area contributed by atoms with Gasteiger partial charge in [0.2, 0.25) is 10.0 Å². The molecular weight excluding hydrogens is 288 g/mol. The van der Waals surface area contributed by atoms with Gasteiger partial charge in [-0.3, -0.25) is 0 Å². The Morgan fingerprint density at radius 2 is 1.86 bits per heavy atom. The minimum Gasteiger partial charge on any atom is -0.465 e. The van der Waals surface area contributed by atoms with Crippen LogP contribution in [0.25, 0.3) is 0 Å². The smallest absolute Gasteiger partial charge is 0.241 e. The molecule has 0 fully saturated rings. The van der Waals surface area contributed by atoms with E-state index in [9.17, 15) is 8.42 Å². The van der Waals surface area contributed by atoms with Crippen molar-refractivity contribution in [3.05, 3.63) is 53.0 Å². The first-order valence-electron chi connectivity index (χ1n) is 6.72. The number of nitrogens with one attached hydrogen (secondary N) is 2. The summed E-state index contributed by atoms with van der Waals surface area (Å²) in [5, 5.41) is 3.03. The van der Waals surface area contributed by atoms with Crippen molar-refractivity contribution in [2.75, 3.05) is 7.05 Å². The molecule has 0 bridgehead atoms. The Balaban J connectivity index is 2.21. The van der Waals surface area contributed by atoms with Crippen LogP contribution in [0.2, 0.25) is 0 Å². The van der Waals surface area contributed by atoms with Crippen LogP contribution in [0, 0.1) is 13.8 Å². The van der Waals surface area contributed by atoms with Gasteiger partial charge < -0.3 is 9.73 Å². The highest BCUT2D eigenvalue weighted by Gasteiger charge is 2.18. The van der Waals surface area contributed by atoms with Crippen molar-refractivity contribution >= 4 is 10.0 Å². The first-order chi connectivity index (χ1) is 9.94. The summed E-state index contributed by atoms with van der Waals surface area (Å²) in [5.74, 6) is 1.36. The van der Waals surface area contributed by atoms with Gasteiger partial charge in [0.25, 0.3) is 0 Å². The molecule has 6 heteroatoms. The van der Waals surface area contributed by atoms with E-state index in [0.29, 0.717) is 17.2 Å². The number of hydrogen-bond acceptors (Lipinski definition) is 4. The van der Waals surface area contributed by atoms with Crippen LogP contribution in [-0.2, 0) is 23.1 Å². The molecule has 0 aliphatic heterocycles. The fourth-order valence-electron chi connectivity index (χ4n) is 2.16. The maximum atomic E-state index is 12.4. The topological polar surface area (TPSA) is 71.3 Å². The number of rotatable bonds is 6. The molecule has 0 saturated heterocycles. The fraction of sp³-hybridized carbons (Fsp3) is 0.333. The van der Waals surface area contributed by atoms with Crippen LogP contribution in [0.15, 0.2) is 39.6 Å². The van der Waals surface area contributed by atoms with E-state index >= 15 is 0 Å². The van der Waals surface area contributed by atoms with Crippen LogP contribution in [0.3, 0.4) is 0 Å². The summed E-state index contributed by atoms with van der Waals surface area (Å²) in [6.45, 7) is 4.42. The largest absolute Gasteiger partial charge is 0.465 e. The summed E-state index contributed by atoms with van der Waals surface area (Å²) in [6.07, 6.45) is 0. The summed E-state index contributed by atoms with van der Waals surface area (Å²) in [5.41, 5.74) is 1.73. The van der Waals surface area contributed by atoms with Gasteiger partial charge >= 0.3 is 0 Å². The lowest BCUT2D eigenvalue weighted by Crippen LogP contribution is -2.24. The Kier molecular flexibility index (Phi) is 4.82. The van der Waals surface area contributed by atoms with Crippen molar-refractivity contribution in [2.24, 2.45) is 0 Å². The molecule has 5 nitrogen and oxygen atoms in total. The van der Waals surface area contributed by atoms with Gasteiger partial charge in [0, 0.05) is 6.54 Å². The molecule has 0 spiro atoms. The predicted octanol–water partition coefficient (Wildman–Crippen LogP) is 2.09. The van der Waals surface area contributed by atoms with E-state index in [1.807, 2.05) is 33.0 Å². The summed E-state index contributed by atoms with van der Waals surface area (Å²) in [6, 6.07) is 8.86. The molecular formula is C15H20N2O3S. The van der Waals surface area contributed by atoms with Crippen LogP contribution in [0.1, 0.15) is 22.6 Å². The van der Waals surface area contributed by atoms with Crippen molar-refractivity contribution in [3.8, 4) is 0 Å². The Morgan fingerprint density at radius 1 is 1.10 bits per heavy atom. The van der Waals surface area contributed by atoms with Gasteiger partial charge in [-0.25, -0.2) is 13.1 Å². The molecule has 21 heavy (non-hydrogen) atoms. The van der Waals surface area contributed by atoms with Crippen molar-refractivity contribution < 1.29 is 12.8 Å². The molecule has 2 N–H and O–H groups in total. The zero-order valence-corrected chi connectivity index (χ0v) is 13.3. The molecule has 1 aromatic heterocycles. The van der Waals surface area contributed by atoms with Gasteiger partial charge in [0.05, 0.1) is 11.4 Å². The molecule has 0 atom stereocenters. The van der Waals surface area contributed by atoms with Gasteiger partial charge in [-0.2, -0.15) is 0 Å². The molecule has 1 aromatic carbocycles. The fourth-order valence-corrected chi connectivity index (χ4v) is 3.44. The maximum Gasteiger partial charge on any atom is 0.241 e.